The van der Waals surface area contributed by atoms with E-state index in [0.29, 0.717) is 6.42 Å². The average Bonchev–Trinajstić information content (AvgIpc) is 2.79. The van der Waals surface area contributed by atoms with Crippen LogP contribution in [-0.4, -0.2) is 16.2 Å². The van der Waals surface area contributed by atoms with Crippen molar-refractivity contribution in [3.05, 3.63) is 59.5 Å². The molecular weight excluding hydrogens is 220 g/mol. The molecule has 88 valence electrons. The van der Waals surface area contributed by atoms with Crippen LogP contribution >= 0.6 is 0 Å². The first-order valence-corrected chi connectivity index (χ1v) is 5.22. The van der Waals surface area contributed by atoms with Gasteiger partial charge in [0.05, 0.1) is 0 Å². The molecule has 4 heteroatoms. The number of carbonyl (C=O) groups is 1. The van der Waals surface area contributed by atoms with Crippen molar-refractivity contribution >= 4 is 5.97 Å². The highest BCUT2D eigenvalue weighted by atomic mass is 16.4. The van der Waals surface area contributed by atoms with Gasteiger partial charge in [-0.3, -0.25) is 0 Å². The molecule has 0 amide bonds. The average molecular weight is 232 g/mol. The largest absolute Gasteiger partial charge is 0.475 e. The molecule has 2 aromatic rings. The Hall–Kier alpha value is -2.07. The minimum absolute atomic E-state index is 0.160. The van der Waals surface area contributed by atoms with Crippen LogP contribution in [0.3, 0.4) is 0 Å². The van der Waals surface area contributed by atoms with Gasteiger partial charge in [0.1, 0.15) is 11.9 Å². The van der Waals surface area contributed by atoms with Crippen LogP contribution < -0.4 is 0 Å². The second kappa shape index (κ2) is 4.84. The van der Waals surface area contributed by atoms with Gasteiger partial charge in [-0.25, -0.2) is 4.79 Å². The van der Waals surface area contributed by atoms with Crippen molar-refractivity contribution in [1.29, 1.82) is 0 Å². The molecule has 0 aliphatic heterocycles. The van der Waals surface area contributed by atoms with Crippen LogP contribution in [0.2, 0.25) is 0 Å². The number of aromatic carboxylic acids is 1. The van der Waals surface area contributed by atoms with Crippen LogP contribution in [0.25, 0.3) is 0 Å². The van der Waals surface area contributed by atoms with E-state index in [2.05, 4.69) is 0 Å². The molecule has 2 N–H and O–H groups in total. The second-order valence-corrected chi connectivity index (χ2v) is 3.71. The molecule has 0 fully saturated rings. The Balaban J connectivity index is 2.09. The number of rotatable bonds is 4. The first-order valence-electron chi connectivity index (χ1n) is 5.22. The topological polar surface area (TPSA) is 70.7 Å². The summed E-state index contributed by atoms with van der Waals surface area (Å²) in [6.07, 6.45) is -0.432. The van der Waals surface area contributed by atoms with Crippen LogP contribution in [0.5, 0.6) is 0 Å². The number of hydrogen-bond acceptors (Lipinski definition) is 3. The summed E-state index contributed by atoms with van der Waals surface area (Å²) < 4.78 is 5.03. The van der Waals surface area contributed by atoms with E-state index in [9.17, 15) is 9.90 Å². The fourth-order valence-electron chi connectivity index (χ4n) is 1.58. The van der Waals surface area contributed by atoms with Gasteiger partial charge < -0.3 is 14.6 Å². The molecule has 2 rings (SSSR count). The van der Waals surface area contributed by atoms with Crippen molar-refractivity contribution in [2.24, 2.45) is 0 Å². The molecule has 1 atom stereocenters. The van der Waals surface area contributed by atoms with E-state index in [0.717, 1.165) is 5.56 Å². The second-order valence-electron chi connectivity index (χ2n) is 3.71. The predicted octanol–water partition coefficient (Wildman–Crippen LogP) is 2.25. The van der Waals surface area contributed by atoms with Gasteiger partial charge in [0, 0.05) is 6.42 Å². The number of aliphatic hydroxyl groups is 1. The molecule has 1 aromatic carbocycles. The van der Waals surface area contributed by atoms with E-state index in [1.165, 1.54) is 12.1 Å². The third-order valence-electron chi connectivity index (χ3n) is 2.44. The molecule has 0 bridgehead atoms. The molecule has 0 aliphatic carbocycles. The molecular formula is C13H12O4. The van der Waals surface area contributed by atoms with Crippen LogP contribution in [0.1, 0.15) is 28.0 Å². The van der Waals surface area contributed by atoms with Crippen LogP contribution in [0.4, 0.5) is 0 Å². The van der Waals surface area contributed by atoms with Gasteiger partial charge in [0.15, 0.2) is 0 Å². The summed E-state index contributed by atoms with van der Waals surface area (Å²) in [5.41, 5.74) is 0.966. The van der Waals surface area contributed by atoms with Gasteiger partial charge in [-0.2, -0.15) is 0 Å². The first kappa shape index (κ1) is 11.4. The summed E-state index contributed by atoms with van der Waals surface area (Å²) >= 11 is 0. The van der Waals surface area contributed by atoms with Crippen molar-refractivity contribution in [2.75, 3.05) is 0 Å². The van der Waals surface area contributed by atoms with Crippen LogP contribution in [0, 0.1) is 0 Å². The lowest BCUT2D eigenvalue weighted by atomic mass is 10.1. The van der Waals surface area contributed by atoms with Crippen molar-refractivity contribution in [3.8, 4) is 0 Å². The number of aliphatic hydroxyl groups excluding tert-OH is 1. The van der Waals surface area contributed by atoms with Crippen molar-refractivity contribution in [1.82, 2.24) is 0 Å². The Kier molecular flexibility index (Phi) is 3.25. The maximum absolute atomic E-state index is 10.6. The number of carboxylic acids is 1. The van der Waals surface area contributed by atoms with Gasteiger partial charge in [-0.05, 0) is 17.7 Å². The van der Waals surface area contributed by atoms with E-state index in [-0.39, 0.29) is 11.5 Å². The minimum Gasteiger partial charge on any atom is -0.475 e. The summed E-state index contributed by atoms with van der Waals surface area (Å²) in [5, 5.41) is 18.6. The summed E-state index contributed by atoms with van der Waals surface area (Å²) in [5.74, 6) is -1.03. The van der Waals surface area contributed by atoms with Gasteiger partial charge >= 0.3 is 5.97 Å². The quantitative estimate of drug-likeness (QED) is 0.848. The van der Waals surface area contributed by atoms with Crippen molar-refractivity contribution < 1.29 is 19.4 Å². The zero-order valence-electron chi connectivity index (χ0n) is 9.04. The van der Waals surface area contributed by atoms with Crippen LogP contribution in [0.15, 0.2) is 46.9 Å². The van der Waals surface area contributed by atoms with Gasteiger partial charge in [0.25, 0.3) is 0 Å². The van der Waals surface area contributed by atoms with Crippen LogP contribution in [-0.2, 0) is 6.42 Å². The van der Waals surface area contributed by atoms with Gasteiger partial charge in [-0.15, -0.1) is 0 Å². The highest BCUT2D eigenvalue weighted by Gasteiger charge is 2.15. The molecule has 0 spiro atoms. The first-order chi connectivity index (χ1) is 8.16. The monoisotopic (exact) mass is 232 g/mol. The highest BCUT2D eigenvalue weighted by molar-refractivity contribution is 5.84. The standard InChI is InChI=1S/C13H12O4/c14-10(8-9-4-2-1-3-5-9)11-6-7-12(17-11)13(15)16/h1-7,10,14H,8H2,(H,15,16). The smallest absolute Gasteiger partial charge is 0.371 e. The number of carboxylic acid groups (broad SMARTS) is 1. The third kappa shape index (κ3) is 2.73. The Bertz CT molecular complexity index is 501. The lowest BCUT2D eigenvalue weighted by Crippen LogP contribution is -2.00. The summed E-state index contributed by atoms with van der Waals surface area (Å²) in [6.45, 7) is 0. The Morgan fingerprint density at radius 2 is 1.88 bits per heavy atom. The van der Waals surface area contributed by atoms with E-state index in [1.807, 2.05) is 30.3 Å². The summed E-state index contributed by atoms with van der Waals surface area (Å²) in [4.78, 5) is 10.6. The third-order valence-corrected chi connectivity index (χ3v) is 2.44. The van der Waals surface area contributed by atoms with Crippen molar-refractivity contribution in [2.45, 2.75) is 12.5 Å². The molecule has 1 aromatic heterocycles. The normalized spacial score (nSPS) is 12.3. The Morgan fingerprint density at radius 3 is 2.47 bits per heavy atom. The lowest BCUT2D eigenvalue weighted by molar-refractivity contribution is 0.0651. The lowest BCUT2D eigenvalue weighted by Gasteiger charge is -2.07. The molecule has 0 aliphatic rings. The fraction of sp³-hybridized carbons (Fsp3) is 0.154. The number of hydrogen-bond donors (Lipinski definition) is 2. The molecule has 4 nitrogen and oxygen atoms in total. The number of benzene rings is 1. The van der Waals surface area contributed by atoms with E-state index in [1.54, 1.807) is 0 Å². The summed E-state index contributed by atoms with van der Waals surface area (Å²) in [6, 6.07) is 12.3. The predicted molar refractivity (Wildman–Crippen MR) is 60.8 cm³/mol. The SMILES string of the molecule is O=C(O)c1ccc(C(O)Cc2ccccc2)o1. The maximum atomic E-state index is 10.6. The summed E-state index contributed by atoms with van der Waals surface area (Å²) in [7, 11) is 0. The molecule has 17 heavy (non-hydrogen) atoms. The molecule has 0 saturated carbocycles. The maximum Gasteiger partial charge on any atom is 0.371 e. The fourth-order valence-corrected chi connectivity index (χ4v) is 1.58. The molecule has 1 unspecified atom stereocenters. The zero-order valence-corrected chi connectivity index (χ0v) is 9.04. The Morgan fingerprint density at radius 1 is 1.18 bits per heavy atom. The van der Waals surface area contributed by atoms with Gasteiger partial charge in [-0.1, -0.05) is 30.3 Å². The van der Waals surface area contributed by atoms with Gasteiger partial charge in [0.2, 0.25) is 5.76 Å². The molecule has 0 radical (unpaired) electrons. The molecule has 0 saturated heterocycles. The Labute approximate surface area is 98.1 Å². The molecule has 1 heterocycles. The zero-order chi connectivity index (χ0) is 12.3. The minimum atomic E-state index is -1.14. The number of furan rings is 1. The van der Waals surface area contributed by atoms with E-state index in [4.69, 9.17) is 9.52 Å². The van der Waals surface area contributed by atoms with E-state index < -0.39 is 12.1 Å². The van der Waals surface area contributed by atoms with Crippen molar-refractivity contribution in [3.63, 3.8) is 0 Å². The highest BCUT2D eigenvalue weighted by Crippen LogP contribution is 2.20. The van der Waals surface area contributed by atoms with E-state index >= 15 is 0 Å².